The number of rotatable bonds is 7. The van der Waals surface area contributed by atoms with Crippen molar-refractivity contribution in [3.05, 3.63) is 12.7 Å². The number of nitrogens with zero attached hydrogens (tertiary/aromatic N) is 3. The number of likely N-dealkylation sites (N-methyl/N-ethyl adjacent to an activating group) is 1. The molecule has 1 rings (SSSR count). The van der Waals surface area contributed by atoms with Crippen LogP contribution in [0, 0.1) is 5.41 Å². The molecule has 0 aromatic rings. The summed E-state index contributed by atoms with van der Waals surface area (Å²) in [5.74, 6) is 0.609. The van der Waals surface area contributed by atoms with Crippen molar-refractivity contribution in [1.29, 1.82) is 0 Å². The van der Waals surface area contributed by atoms with Crippen LogP contribution in [0.25, 0.3) is 0 Å². The first kappa shape index (κ1) is 23.7. The standard InChI is InChI=1S/C17H31N5O2.HI/c1-6-11-18-16(19-12-14(23)21(2)3)20-13-17(9-7-8-10-17)15(24)22(4)5;/h6H,1,7-13H2,2-5H3,(H2,18,19,20);1H. The Bertz CT molecular complexity index is 485. The lowest BCUT2D eigenvalue weighted by molar-refractivity contribution is -0.138. The molecule has 0 aromatic carbocycles. The second-order valence-corrected chi connectivity index (χ2v) is 6.66. The van der Waals surface area contributed by atoms with E-state index in [1.807, 2.05) is 0 Å². The van der Waals surface area contributed by atoms with Crippen LogP contribution >= 0.6 is 24.0 Å². The molecule has 0 atom stereocenters. The molecule has 2 amide bonds. The molecule has 0 radical (unpaired) electrons. The fourth-order valence-electron chi connectivity index (χ4n) is 2.88. The van der Waals surface area contributed by atoms with Gasteiger partial charge in [0.05, 0.1) is 5.41 Å². The molecule has 0 spiro atoms. The van der Waals surface area contributed by atoms with Gasteiger partial charge in [0.2, 0.25) is 11.8 Å². The number of halogens is 1. The minimum atomic E-state index is -0.383. The van der Waals surface area contributed by atoms with Crippen LogP contribution in [0.1, 0.15) is 25.7 Å². The van der Waals surface area contributed by atoms with Crippen molar-refractivity contribution < 1.29 is 9.59 Å². The summed E-state index contributed by atoms with van der Waals surface area (Å²) in [6.07, 6.45) is 5.60. The van der Waals surface area contributed by atoms with E-state index in [9.17, 15) is 9.59 Å². The van der Waals surface area contributed by atoms with Gasteiger partial charge in [0.1, 0.15) is 6.54 Å². The van der Waals surface area contributed by atoms with Gasteiger partial charge < -0.3 is 20.4 Å². The summed E-state index contributed by atoms with van der Waals surface area (Å²) in [7, 11) is 6.99. The highest BCUT2D eigenvalue weighted by molar-refractivity contribution is 14.0. The van der Waals surface area contributed by atoms with E-state index in [1.54, 1.807) is 39.2 Å². The first-order valence-corrected chi connectivity index (χ1v) is 8.37. The average Bonchev–Trinajstić information content (AvgIpc) is 3.02. The summed E-state index contributed by atoms with van der Waals surface area (Å²) >= 11 is 0. The van der Waals surface area contributed by atoms with E-state index < -0.39 is 0 Å². The van der Waals surface area contributed by atoms with Crippen LogP contribution in [-0.4, -0.2) is 75.4 Å². The van der Waals surface area contributed by atoms with Crippen molar-refractivity contribution in [2.24, 2.45) is 10.4 Å². The molecule has 0 aliphatic heterocycles. The Morgan fingerprint density at radius 1 is 1.12 bits per heavy atom. The Morgan fingerprint density at radius 3 is 2.20 bits per heavy atom. The maximum atomic E-state index is 12.6. The van der Waals surface area contributed by atoms with E-state index in [0.29, 0.717) is 19.0 Å². The van der Waals surface area contributed by atoms with Crippen molar-refractivity contribution in [3.8, 4) is 0 Å². The van der Waals surface area contributed by atoms with Gasteiger partial charge in [-0.05, 0) is 12.8 Å². The molecule has 1 aliphatic carbocycles. The van der Waals surface area contributed by atoms with Gasteiger partial charge in [-0.15, -0.1) is 30.6 Å². The van der Waals surface area contributed by atoms with Crippen molar-refractivity contribution in [1.82, 2.24) is 20.4 Å². The van der Waals surface area contributed by atoms with E-state index >= 15 is 0 Å². The van der Waals surface area contributed by atoms with Crippen LogP contribution in [0.2, 0.25) is 0 Å². The molecule has 0 saturated heterocycles. The molecule has 144 valence electrons. The van der Waals surface area contributed by atoms with Crippen molar-refractivity contribution in [3.63, 3.8) is 0 Å². The molecule has 7 nitrogen and oxygen atoms in total. The number of aliphatic imine (C=N–C) groups is 1. The number of hydrogen-bond donors (Lipinski definition) is 2. The largest absolute Gasteiger partial charge is 0.355 e. The molecule has 2 N–H and O–H groups in total. The predicted molar refractivity (Wildman–Crippen MR) is 112 cm³/mol. The molecule has 0 heterocycles. The zero-order chi connectivity index (χ0) is 18.2. The summed E-state index contributed by atoms with van der Waals surface area (Å²) in [6.45, 7) is 4.80. The maximum Gasteiger partial charge on any atom is 0.243 e. The first-order valence-electron chi connectivity index (χ1n) is 8.37. The molecule has 1 fully saturated rings. The van der Waals surface area contributed by atoms with E-state index in [4.69, 9.17) is 0 Å². The normalized spacial score (nSPS) is 15.8. The Balaban J connectivity index is 0.00000576. The minimum absolute atomic E-state index is 0. The monoisotopic (exact) mass is 465 g/mol. The van der Waals surface area contributed by atoms with Gasteiger partial charge in [-0.3, -0.25) is 9.59 Å². The molecular formula is C17H32IN5O2. The maximum absolute atomic E-state index is 12.6. The highest BCUT2D eigenvalue weighted by Gasteiger charge is 2.42. The average molecular weight is 465 g/mol. The van der Waals surface area contributed by atoms with Crippen LogP contribution in [0.5, 0.6) is 0 Å². The van der Waals surface area contributed by atoms with Gasteiger partial charge in [-0.25, -0.2) is 4.99 Å². The second-order valence-electron chi connectivity index (χ2n) is 6.66. The molecule has 0 bridgehead atoms. The van der Waals surface area contributed by atoms with E-state index in [2.05, 4.69) is 22.2 Å². The molecule has 1 aliphatic rings. The van der Waals surface area contributed by atoms with E-state index in [-0.39, 0.29) is 47.8 Å². The number of carbonyl (C=O) groups excluding carboxylic acids is 2. The Morgan fingerprint density at radius 2 is 1.72 bits per heavy atom. The van der Waals surface area contributed by atoms with Crippen LogP contribution in [0.3, 0.4) is 0 Å². The fraction of sp³-hybridized carbons (Fsp3) is 0.706. The zero-order valence-electron chi connectivity index (χ0n) is 15.8. The van der Waals surface area contributed by atoms with Crippen LogP contribution in [-0.2, 0) is 9.59 Å². The third-order valence-electron chi connectivity index (χ3n) is 4.30. The van der Waals surface area contributed by atoms with Crippen LogP contribution in [0.15, 0.2) is 17.6 Å². The lowest BCUT2D eigenvalue weighted by Gasteiger charge is -2.31. The highest BCUT2D eigenvalue weighted by Crippen LogP contribution is 2.38. The van der Waals surface area contributed by atoms with Crippen molar-refractivity contribution in [2.75, 3.05) is 47.8 Å². The second kappa shape index (κ2) is 11.3. The molecule has 0 aromatic heterocycles. The zero-order valence-corrected chi connectivity index (χ0v) is 18.1. The number of nitrogens with one attached hydrogen (secondary N) is 2. The lowest BCUT2D eigenvalue weighted by Crippen LogP contribution is -2.49. The smallest absolute Gasteiger partial charge is 0.243 e. The number of hydrogen-bond acceptors (Lipinski definition) is 3. The van der Waals surface area contributed by atoms with Gasteiger partial charge in [0, 0.05) is 41.3 Å². The molecule has 8 heteroatoms. The first-order chi connectivity index (χ1) is 11.3. The SMILES string of the molecule is C=CCNC(=NCC(=O)N(C)C)NCC1(C(=O)N(C)C)CCCC1.I. The van der Waals surface area contributed by atoms with Gasteiger partial charge in [-0.2, -0.15) is 0 Å². The summed E-state index contributed by atoms with van der Waals surface area (Å²) < 4.78 is 0. The molecule has 0 unspecified atom stereocenters. The predicted octanol–water partition coefficient (Wildman–Crippen LogP) is 1.06. The van der Waals surface area contributed by atoms with Crippen molar-refractivity contribution in [2.45, 2.75) is 25.7 Å². The van der Waals surface area contributed by atoms with Crippen LogP contribution in [0.4, 0.5) is 0 Å². The quantitative estimate of drug-likeness (QED) is 0.255. The van der Waals surface area contributed by atoms with Gasteiger partial charge in [0.25, 0.3) is 0 Å². The fourth-order valence-corrected chi connectivity index (χ4v) is 2.88. The van der Waals surface area contributed by atoms with Crippen molar-refractivity contribution >= 4 is 41.8 Å². The third-order valence-corrected chi connectivity index (χ3v) is 4.30. The number of carbonyl (C=O) groups is 2. The number of amides is 2. The van der Waals surface area contributed by atoms with Gasteiger partial charge in [-0.1, -0.05) is 18.9 Å². The summed E-state index contributed by atoms with van der Waals surface area (Å²) in [4.78, 5) is 31.8. The van der Waals surface area contributed by atoms with Crippen LogP contribution < -0.4 is 10.6 Å². The topological polar surface area (TPSA) is 77.0 Å². The Hall–Kier alpha value is -1.32. The van der Waals surface area contributed by atoms with Gasteiger partial charge >= 0.3 is 0 Å². The Labute approximate surface area is 168 Å². The van der Waals surface area contributed by atoms with E-state index in [1.165, 1.54) is 4.90 Å². The molecule has 1 saturated carbocycles. The molecular weight excluding hydrogens is 433 g/mol. The van der Waals surface area contributed by atoms with Gasteiger partial charge in [0.15, 0.2) is 5.96 Å². The summed E-state index contributed by atoms with van der Waals surface area (Å²) in [6, 6.07) is 0. The summed E-state index contributed by atoms with van der Waals surface area (Å²) in [5.41, 5.74) is -0.383. The van der Waals surface area contributed by atoms with E-state index in [0.717, 1.165) is 25.7 Å². The molecule has 25 heavy (non-hydrogen) atoms. The summed E-state index contributed by atoms with van der Waals surface area (Å²) in [5, 5.41) is 6.34. The minimum Gasteiger partial charge on any atom is -0.355 e. The highest BCUT2D eigenvalue weighted by atomic mass is 127. The lowest BCUT2D eigenvalue weighted by atomic mass is 9.84. The number of guanidine groups is 1. The third kappa shape index (κ3) is 7.21. The Kier molecular flexibility index (Phi) is 10.7.